The second-order valence-corrected chi connectivity index (χ2v) is 4.89. The van der Waals surface area contributed by atoms with E-state index in [1.807, 2.05) is 37.3 Å². The van der Waals surface area contributed by atoms with Crippen molar-refractivity contribution >= 4 is 11.7 Å². The third-order valence-electron chi connectivity index (χ3n) is 3.36. The van der Waals surface area contributed by atoms with Gasteiger partial charge in [-0.15, -0.1) is 0 Å². The molecule has 3 rings (SSSR count). The number of nitrogens with one attached hydrogen (secondary N) is 1. The summed E-state index contributed by atoms with van der Waals surface area (Å²) in [7, 11) is 0. The first kappa shape index (κ1) is 14.0. The van der Waals surface area contributed by atoms with Crippen LogP contribution in [0.5, 0.6) is 0 Å². The number of amides is 1. The molecule has 7 heteroatoms. The van der Waals surface area contributed by atoms with Crippen LogP contribution in [-0.2, 0) is 11.3 Å². The van der Waals surface area contributed by atoms with Crippen molar-refractivity contribution in [2.24, 2.45) is 0 Å². The molecule has 1 aromatic carbocycles. The van der Waals surface area contributed by atoms with Crippen molar-refractivity contribution in [3.8, 4) is 0 Å². The molecule has 2 aromatic heterocycles. The van der Waals surface area contributed by atoms with Crippen molar-refractivity contribution < 1.29 is 4.79 Å². The monoisotopic (exact) mass is 296 g/mol. The predicted molar refractivity (Wildman–Crippen MR) is 81.1 cm³/mol. The van der Waals surface area contributed by atoms with Gasteiger partial charge in [-0.05, 0) is 12.5 Å². The molecule has 0 aliphatic heterocycles. The van der Waals surface area contributed by atoms with Gasteiger partial charge in [0.15, 0.2) is 0 Å². The number of carbonyl (C=O) groups is 1. The van der Waals surface area contributed by atoms with Crippen LogP contribution in [-0.4, -0.2) is 30.5 Å². The highest BCUT2D eigenvalue weighted by Gasteiger charge is 2.14. The smallest absolute Gasteiger partial charge is 0.247 e. The van der Waals surface area contributed by atoms with Crippen molar-refractivity contribution in [3.05, 3.63) is 60.8 Å². The third kappa shape index (κ3) is 3.03. The molecule has 1 amide bonds. The number of aromatic nitrogens is 5. The van der Waals surface area contributed by atoms with E-state index in [0.29, 0.717) is 5.82 Å². The molecule has 0 unspecified atom stereocenters. The number of benzene rings is 1. The predicted octanol–water partition coefficient (Wildman–Crippen LogP) is 1.72. The van der Waals surface area contributed by atoms with E-state index in [4.69, 9.17) is 0 Å². The summed E-state index contributed by atoms with van der Waals surface area (Å²) in [6, 6.07) is 11.8. The van der Waals surface area contributed by atoms with Crippen LogP contribution in [0.3, 0.4) is 0 Å². The van der Waals surface area contributed by atoms with Gasteiger partial charge in [0.25, 0.3) is 0 Å². The molecule has 0 aliphatic carbocycles. The lowest BCUT2D eigenvalue weighted by Crippen LogP contribution is -2.22. The molecule has 112 valence electrons. The van der Waals surface area contributed by atoms with Gasteiger partial charge in [0.2, 0.25) is 5.91 Å². The minimum Gasteiger partial charge on any atom is -0.309 e. The lowest BCUT2D eigenvalue weighted by Gasteiger charge is -2.16. The molecule has 0 saturated heterocycles. The normalized spacial score (nSPS) is 12.0. The summed E-state index contributed by atoms with van der Waals surface area (Å²) in [6.07, 6.45) is 4.57. The van der Waals surface area contributed by atoms with Crippen molar-refractivity contribution in [2.45, 2.75) is 19.5 Å². The van der Waals surface area contributed by atoms with E-state index in [-0.39, 0.29) is 18.5 Å². The number of hydrogen-bond acceptors (Lipinski definition) is 4. The Labute approximate surface area is 127 Å². The number of rotatable bonds is 5. The van der Waals surface area contributed by atoms with Crippen LogP contribution in [0.4, 0.5) is 5.82 Å². The maximum Gasteiger partial charge on any atom is 0.247 e. The van der Waals surface area contributed by atoms with Gasteiger partial charge in [-0.3, -0.25) is 4.79 Å². The second kappa shape index (κ2) is 6.21. The molecule has 0 saturated carbocycles. The van der Waals surface area contributed by atoms with E-state index in [2.05, 4.69) is 20.5 Å². The summed E-state index contributed by atoms with van der Waals surface area (Å²) >= 11 is 0. The first-order chi connectivity index (χ1) is 10.7. The van der Waals surface area contributed by atoms with Crippen LogP contribution in [0.1, 0.15) is 18.5 Å². The van der Waals surface area contributed by atoms with Crippen LogP contribution >= 0.6 is 0 Å². The van der Waals surface area contributed by atoms with Gasteiger partial charge in [0.05, 0.1) is 12.2 Å². The molecule has 1 N–H and O–H groups in total. The van der Waals surface area contributed by atoms with Gasteiger partial charge in [0, 0.05) is 6.07 Å². The Bertz CT molecular complexity index is 735. The fourth-order valence-electron chi connectivity index (χ4n) is 2.24. The van der Waals surface area contributed by atoms with Gasteiger partial charge in [-0.1, -0.05) is 30.3 Å². The number of hydrogen-bond donors (Lipinski definition) is 1. The van der Waals surface area contributed by atoms with Crippen LogP contribution in [0.2, 0.25) is 0 Å². The standard InChI is InChI=1S/C15H16N6O/c1-12(13-5-3-2-4-6-13)21-14(7-8-17-21)19-15(22)9-20-11-16-10-18-20/h2-8,10-12H,9H2,1H3,(H,19,22)/t12-/m1/s1. The zero-order chi connectivity index (χ0) is 15.4. The van der Waals surface area contributed by atoms with Gasteiger partial charge in [0.1, 0.15) is 25.0 Å². The Morgan fingerprint density at radius 1 is 1.23 bits per heavy atom. The Hall–Kier alpha value is -2.96. The number of carbonyl (C=O) groups excluding carboxylic acids is 1. The van der Waals surface area contributed by atoms with E-state index >= 15 is 0 Å². The van der Waals surface area contributed by atoms with Crippen LogP contribution in [0.15, 0.2) is 55.2 Å². The molecular weight excluding hydrogens is 280 g/mol. The van der Waals surface area contributed by atoms with Gasteiger partial charge in [-0.2, -0.15) is 10.2 Å². The van der Waals surface area contributed by atoms with Crippen LogP contribution in [0.25, 0.3) is 0 Å². The zero-order valence-corrected chi connectivity index (χ0v) is 12.1. The van der Waals surface area contributed by atoms with E-state index in [1.165, 1.54) is 17.3 Å². The molecule has 22 heavy (non-hydrogen) atoms. The molecular formula is C15H16N6O. The van der Waals surface area contributed by atoms with E-state index in [9.17, 15) is 4.79 Å². The molecule has 7 nitrogen and oxygen atoms in total. The zero-order valence-electron chi connectivity index (χ0n) is 12.1. The quantitative estimate of drug-likeness (QED) is 0.777. The van der Waals surface area contributed by atoms with Crippen molar-refractivity contribution in [1.82, 2.24) is 24.5 Å². The molecule has 1 atom stereocenters. The summed E-state index contributed by atoms with van der Waals surface area (Å²) in [5, 5.41) is 11.1. The van der Waals surface area contributed by atoms with Gasteiger partial charge < -0.3 is 5.32 Å². The number of nitrogens with zero attached hydrogens (tertiary/aromatic N) is 5. The Morgan fingerprint density at radius 3 is 2.77 bits per heavy atom. The summed E-state index contributed by atoms with van der Waals surface area (Å²) in [6.45, 7) is 2.15. The van der Waals surface area contributed by atoms with Crippen molar-refractivity contribution in [1.29, 1.82) is 0 Å². The Kier molecular flexibility index (Phi) is 3.95. The highest BCUT2D eigenvalue weighted by molar-refractivity contribution is 5.89. The average molecular weight is 296 g/mol. The van der Waals surface area contributed by atoms with Gasteiger partial charge >= 0.3 is 0 Å². The summed E-state index contributed by atoms with van der Waals surface area (Å²) in [5.74, 6) is 0.481. The summed E-state index contributed by atoms with van der Waals surface area (Å²) < 4.78 is 3.26. The van der Waals surface area contributed by atoms with Crippen molar-refractivity contribution in [2.75, 3.05) is 5.32 Å². The molecule has 2 heterocycles. The highest BCUT2D eigenvalue weighted by Crippen LogP contribution is 2.21. The summed E-state index contributed by atoms with van der Waals surface area (Å²) in [4.78, 5) is 15.9. The maximum absolute atomic E-state index is 12.0. The van der Waals surface area contributed by atoms with E-state index in [0.717, 1.165) is 5.56 Å². The fraction of sp³-hybridized carbons (Fsp3) is 0.200. The lowest BCUT2D eigenvalue weighted by atomic mass is 10.1. The van der Waals surface area contributed by atoms with Crippen molar-refractivity contribution in [3.63, 3.8) is 0 Å². The number of anilines is 1. The average Bonchev–Trinajstić information content (AvgIpc) is 3.19. The minimum absolute atomic E-state index is 0.0258. The molecule has 0 aliphatic rings. The molecule has 0 spiro atoms. The topological polar surface area (TPSA) is 77.6 Å². The Balaban J connectivity index is 1.73. The molecule has 3 aromatic rings. The lowest BCUT2D eigenvalue weighted by molar-refractivity contribution is -0.117. The first-order valence-electron chi connectivity index (χ1n) is 6.95. The molecule has 0 radical (unpaired) electrons. The molecule has 0 fully saturated rings. The van der Waals surface area contributed by atoms with E-state index < -0.39 is 0 Å². The minimum atomic E-state index is -0.174. The fourth-order valence-corrected chi connectivity index (χ4v) is 2.24. The van der Waals surface area contributed by atoms with E-state index in [1.54, 1.807) is 16.9 Å². The van der Waals surface area contributed by atoms with Crippen LogP contribution < -0.4 is 5.32 Å². The first-order valence-corrected chi connectivity index (χ1v) is 6.95. The van der Waals surface area contributed by atoms with Gasteiger partial charge in [-0.25, -0.2) is 14.3 Å². The largest absolute Gasteiger partial charge is 0.309 e. The van der Waals surface area contributed by atoms with Crippen LogP contribution in [0, 0.1) is 0 Å². The second-order valence-electron chi connectivity index (χ2n) is 4.89. The highest BCUT2D eigenvalue weighted by atomic mass is 16.2. The SMILES string of the molecule is C[C@H](c1ccccc1)n1nccc1NC(=O)Cn1cncn1. The Morgan fingerprint density at radius 2 is 2.05 bits per heavy atom. The summed E-state index contributed by atoms with van der Waals surface area (Å²) in [5.41, 5.74) is 1.12. The molecule has 0 bridgehead atoms. The maximum atomic E-state index is 12.0. The third-order valence-corrected chi connectivity index (χ3v) is 3.36.